The van der Waals surface area contributed by atoms with Crippen molar-refractivity contribution < 1.29 is 14.6 Å². The predicted molar refractivity (Wildman–Crippen MR) is 78.7 cm³/mol. The Morgan fingerprint density at radius 3 is 2.85 bits per heavy atom. The van der Waals surface area contributed by atoms with Gasteiger partial charge in [-0.1, -0.05) is 12.1 Å². The van der Waals surface area contributed by atoms with Gasteiger partial charge in [-0.3, -0.25) is 4.79 Å². The normalized spacial score (nSPS) is 16.5. The van der Waals surface area contributed by atoms with Crippen LogP contribution in [0.3, 0.4) is 0 Å². The van der Waals surface area contributed by atoms with Gasteiger partial charge in [-0.05, 0) is 49.8 Å². The van der Waals surface area contributed by atoms with Crippen LogP contribution in [-0.4, -0.2) is 30.3 Å². The second-order valence-electron chi connectivity index (χ2n) is 5.49. The number of carbonyl (C=O) groups is 1. The molecule has 1 aliphatic rings. The average Bonchev–Trinajstić information content (AvgIpc) is 2.41. The number of rotatable bonds is 7. The Balaban J connectivity index is 1.90. The van der Waals surface area contributed by atoms with Crippen molar-refractivity contribution in [2.75, 3.05) is 19.0 Å². The van der Waals surface area contributed by atoms with E-state index < -0.39 is 0 Å². The van der Waals surface area contributed by atoms with Crippen LogP contribution in [0.2, 0.25) is 0 Å². The van der Waals surface area contributed by atoms with Gasteiger partial charge in [-0.15, -0.1) is 0 Å². The summed E-state index contributed by atoms with van der Waals surface area (Å²) in [6.07, 6.45) is 5.05. The highest BCUT2D eigenvalue weighted by Gasteiger charge is 2.38. The molecule has 0 heterocycles. The molecule has 1 aromatic carbocycles. The zero-order valence-corrected chi connectivity index (χ0v) is 12.0. The standard InChI is InChI=1S/C16H23NO3/c1-20-16(8-4-9-16)12-15(19)17-14-7-2-5-13(11-14)6-3-10-18/h2,5,7,11,18H,3-4,6,8-10,12H2,1H3,(H,17,19). The molecule has 0 radical (unpaired) electrons. The van der Waals surface area contributed by atoms with E-state index in [1.54, 1.807) is 7.11 Å². The Hall–Kier alpha value is -1.39. The topological polar surface area (TPSA) is 58.6 Å². The number of aliphatic hydroxyl groups excluding tert-OH is 1. The molecule has 110 valence electrons. The van der Waals surface area contributed by atoms with E-state index in [9.17, 15) is 4.79 Å². The molecule has 0 aliphatic heterocycles. The molecule has 2 N–H and O–H groups in total. The maximum absolute atomic E-state index is 12.1. The maximum Gasteiger partial charge on any atom is 0.227 e. The van der Waals surface area contributed by atoms with E-state index in [1.807, 2.05) is 24.3 Å². The lowest BCUT2D eigenvalue weighted by Crippen LogP contribution is -2.42. The number of nitrogens with one attached hydrogen (secondary N) is 1. The smallest absolute Gasteiger partial charge is 0.227 e. The lowest BCUT2D eigenvalue weighted by molar-refractivity contribution is -0.129. The Labute approximate surface area is 120 Å². The van der Waals surface area contributed by atoms with Crippen molar-refractivity contribution in [3.8, 4) is 0 Å². The SMILES string of the molecule is COC1(CC(=O)Nc2cccc(CCCO)c2)CCC1. The first-order valence-electron chi connectivity index (χ1n) is 7.22. The third-order valence-corrected chi connectivity index (χ3v) is 4.01. The molecule has 0 bridgehead atoms. The van der Waals surface area contributed by atoms with E-state index in [1.165, 1.54) is 0 Å². The van der Waals surface area contributed by atoms with Gasteiger partial charge in [-0.25, -0.2) is 0 Å². The van der Waals surface area contributed by atoms with Crippen molar-refractivity contribution in [3.05, 3.63) is 29.8 Å². The fourth-order valence-electron chi connectivity index (χ4n) is 2.61. The minimum Gasteiger partial charge on any atom is -0.396 e. The van der Waals surface area contributed by atoms with Crippen LogP contribution in [0.4, 0.5) is 5.69 Å². The summed E-state index contributed by atoms with van der Waals surface area (Å²) in [7, 11) is 1.68. The minimum atomic E-state index is -0.238. The number of aliphatic hydroxyl groups is 1. The summed E-state index contributed by atoms with van der Waals surface area (Å²) in [5, 5.41) is 11.8. The number of benzene rings is 1. The molecular formula is C16H23NO3. The summed E-state index contributed by atoms with van der Waals surface area (Å²) in [4.78, 5) is 12.1. The molecule has 1 saturated carbocycles. The molecule has 2 rings (SSSR count). The van der Waals surface area contributed by atoms with Crippen LogP contribution < -0.4 is 5.32 Å². The van der Waals surface area contributed by atoms with Crippen LogP contribution >= 0.6 is 0 Å². The fraction of sp³-hybridized carbons (Fsp3) is 0.562. The number of hydrogen-bond acceptors (Lipinski definition) is 3. The quantitative estimate of drug-likeness (QED) is 0.805. The number of methoxy groups -OCH3 is 1. The van der Waals surface area contributed by atoms with E-state index in [2.05, 4.69) is 5.32 Å². The molecule has 1 fully saturated rings. The average molecular weight is 277 g/mol. The lowest BCUT2D eigenvalue weighted by Gasteiger charge is -2.39. The first-order chi connectivity index (χ1) is 9.67. The van der Waals surface area contributed by atoms with Gasteiger partial charge in [-0.2, -0.15) is 0 Å². The summed E-state index contributed by atoms with van der Waals surface area (Å²) >= 11 is 0. The summed E-state index contributed by atoms with van der Waals surface area (Å²) in [5.41, 5.74) is 1.71. The highest BCUT2D eigenvalue weighted by molar-refractivity contribution is 5.91. The van der Waals surface area contributed by atoms with E-state index in [4.69, 9.17) is 9.84 Å². The first-order valence-corrected chi connectivity index (χ1v) is 7.22. The van der Waals surface area contributed by atoms with Crippen LogP contribution in [0.15, 0.2) is 24.3 Å². The Morgan fingerprint density at radius 1 is 1.45 bits per heavy atom. The van der Waals surface area contributed by atoms with E-state index in [-0.39, 0.29) is 18.1 Å². The van der Waals surface area contributed by atoms with Crippen LogP contribution in [0, 0.1) is 0 Å². The van der Waals surface area contributed by atoms with Crippen molar-refractivity contribution in [3.63, 3.8) is 0 Å². The van der Waals surface area contributed by atoms with Crippen LogP contribution in [-0.2, 0) is 16.0 Å². The lowest BCUT2D eigenvalue weighted by atomic mass is 9.77. The molecule has 4 nitrogen and oxygen atoms in total. The Morgan fingerprint density at radius 2 is 2.25 bits per heavy atom. The summed E-state index contributed by atoms with van der Waals surface area (Å²) in [6.45, 7) is 0.187. The van der Waals surface area contributed by atoms with E-state index >= 15 is 0 Å². The fourth-order valence-corrected chi connectivity index (χ4v) is 2.61. The maximum atomic E-state index is 12.1. The molecule has 0 atom stereocenters. The summed E-state index contributed by atoms with van der Waals surface area (Å²) in [5.74, 6) is 0.00542. The third-order valence-electron chi connectivity index (χ3n) is 4.01. The van der Waals surface area contributed by atoms with Gasteiger partial charge < -0.3 is 15.2 Å². The third kappa shape index (κ3) is 3.81. The second kappa shape index (κ2) is 6.86. The molecule has 1 amide bonds. The number of anilines is 1. The predicted octanol–water partition coefficient (Wildman–Crippen LogP) is 2.51. The highest BCUT2D eigenvalue weighted by Crippen LogP contribution is 2.38. The summed E-state index contributed by atoms with van der Waals surface area (Å²) < 4.78 is 5.47. The van der Waals surface area contributed by atoms with E-state index in [0.717, 1.165) is 43.4 Å². The number of aryl methyl sites for hydroxylation is 1. The van der Waals surface area contributed by atoms with Crippen LogP contribution in [0.1, 0.15) is 37.7 Å². The second-order valence-corrected chi connectivity index (χ2v) is 5.49. The zero-order valence-electron chi connectivity index (χ0n) is 12.0. The van der Waals surface area contributed by atoms with E-state index in [0.29, 0.717) is 6.42 Å². The molecule has 1 aliphatic carbocycles. The molecule has 1 aromatic rings. The summed E-state index contributed by atoms with van der Waals surface area (Å²) in [6, 6.07) is 7.79. The van der Waals surface area contributed by atoms with Gasteiger partial charge in [0.05, 0.1) is 12.0 Å². The van der Waals surface area contributed by atoms with Crippen molar-refractivity contribution in [1.29, 1.82) is 0 Å². The van der Waals surface area contributed by atoms with Crippen molar-refractivity contribution in [2.24, 2.45) is 0 Å². The number of amides is 1. The molecule has 0 unspecified atom stereocenters. The largest absolute Gasteiger partial charge is 0.396 e. The number of ether oxygens (including phenoxy) is 1. The Kier molecular flexibility index (Phi) is 5.15. The molecule has 0 saturated heterocycles. The molecule has 0 spiro atoms. The van der Waals surface area contributed by atoms with Crippen molar-refractivity contribution >= 4 is 11.6 Å². The van der Waals surface area contributed by atoms with Gasteiger partial charge in [0.1, 0.15) is 0 Å². The monoisotopic (exact) mass is 277 g/mol. The number of carbonyl (C=O) groups excluding carboxylic acids is 1. The van der Waals surface area contributed by atoms with Gasteiger partial charge in [0.25, 0.3) is 0 Å². The minimum absolute atomic E-state index is 0.00542. The van der Waals surface area contributed by atoms with Gasteiger partial charge in [0, 0.05) is 19.4 Å². The van der Waals surface area contributed by atoms with Crippen LogP contribution in [0.25, 0.3) is 0 Å². The Bertz CT molecular complexity index is 449. The highest BCUT2D eigenvalue weighted by atomic mass is 16.5. The van der Waals surface area contributed by atoms with Gasteiger partial charge in [0.2, 0.25) is 5.91 Å². The molecule has 20 heavy (non-hydrogen) atoms. The molecule has 4 heteroatoms. The van der Waals surface area contributed by atoms with Crippen molar-refractivity contribution in [2.45, 2.75) is 44.1 Å². The number of hydrogen-bond donors (Lipinski definition) is 2. The van der Waals surface area contributed by atoms with Crippen LogP contribution in [0.5, 0.6) is 0 Å². The van der Waals surface area contributed by atoms with Crippen molar-refractivity contribution in [1.82, 2.24) is 0 Å². The van der Waals surface area contributed by atoms with Gasteiger partial charge >= 0.3 is 0 Å². The zero-order chi connectivity index (χ0) is 14.4. The molecular weight excluding hydrogens is 254 g/mol. The first kappa shape index (κ1) is 15.0. The van der Waals surface area contributed by atoms with Gasteiger partial charge in [0.15, 0.2) is 0 Å². The molecule has 0 aromatic heterocycles.